The van der Waals surface area contributed by atoms with E-state index in [1.54, 1.807) is 6.07 Å². The summed E-state index contributed by atoms with van der Waals surface area (Å²) >= 11 is 0. The van der Waals surface area contributed by atoms with Crippen molar-refractivity contribution in [3.63, 3.8) is 0 Å². The van der Waals surface area contributed by atoms with Gasteiger partial charge in [-0.25, -0.2) is 4.39 Å². The molecule has 16 heavy (non-hydrogen) atoms. The molecule has 1 atom stereocenters. The smallest absolute Gasteiger partial charge is 0.126 e. The standard InChI is InChI=1S/C13H20FNO/c1-9(2)12(15-4)8-16-13-7-11(14)6-5-10(13)3/h5-7,9,12,15H,8H2,1-4H3. The normalized spacial score (nSPS) is 12.9. The fourth-order valence-corrected chi connectivity index (χ4v) is 1.52. The topological polar surface area (TPSA) is 21.3 Å². The molecule has 0 spiro atoms. The summed E-state index contributed by atoms with van der Waals surface area (Å²) in [6.45, 7) is 6.73. The molecular weight excluding hydrogens is 205 g/mol. The quantitative estimate of drug-likeness (QED) is 0.832. The maximum Gasteiger partial charge on any atom is 0.126 e. The molecule has 3 heteroatoms. The SMILES string of the molecule is CNC(COc1cc(F)ccc1C)C(C)C. The zero-order chi connectivity index (χ0) is 12.1. The van der Waals surface area contributed by atoms with E-state index in [4.69, 9.17) is 4.74 Å². The number of likely N-dealkylation sites (N-methyl/N-ethyl adjacent to an activating group) is 1. The third-order valence-electron chi connectivity index (χ3n) is 2.74. The van der Waals surface area contributed by atoms with E-state index in [2.05, 4.69) is 19.2 Å². The van der Waals surface area contributed by atoms with Gasteiger partial charge in [0.2, 0.25) is 0 Å². The molecule has 1 aromatic rings. The number of benzene rings is 1. The van der Waals surface area contributed by atoms with E-state index in [0.29, 0.717) is 18.3 Å². The Hall–Kier alpha value is -1.09. The van der Waals surface area contributed by atoms with Gasteiger partial charge < -0.3 is 10.1 Å². The molecule has 0 saturated carbocycles. The highest BCUT2D eigenvalue weighted by Crippen LogP contribution is 2.19. The highest BCUT2D eigenvalue weighted by atomic mass is 19.1. The van der Waals surface area contributed by atoms with Gasteiger partial charge in [-0.05, 0) is 31.5 Å². The van der Waals surface area contributed by atoms with E-state index in [0.717, 1.165) is 5.56 Å². The monoisotopic (exact) mass is 225 g/mol. The summed E-state index contributed by atoms with van der Waals surface area (Å²) in [6, 6.07) is 4.89. The Morgan fingerprint density at radius 2 is 2.06 bits per heavy atom. The van der Waals surface area contributed by atoms with Crippen molar-refractivity contribution in [3.8, 4) is 5.75 Å². The van der Waals surface area contributed by atoms with E-state index < -0.39 is 0 Å². The van der Waals surface area contributed by atoms with Gasteiger partial charge in [0.05, 0.1) is 0 Å². The number of hydrogen-bond acceptors (Lipinski definition) is 2. The van der Waals surface area contributed by atoms with Crippen LogP contribution in [0, 0.1) is 18.7 Å². The largest absolute Gasteiger partial charge is 0.492 e. The molecule has 2 nitrogen and oxygen atoms in total. The van der Waals surface area contributed by atoms with Crippen molar-refractivity contribution in [2.24, 2.45) is 5.92 Å². The number of hydrogen-bond donors (Lipinski definition) is 1. The molecule has 0 heterocycles. The molecule has 0 amide bonds. The van der Waals surface area contributed by atoms with Crippen molar-refractivity contribution in [3.05, 3.63) is 29.6 Å². The fraction of sp³-hybridized carbons (Fsp3) is 0.538. The summed E-state index contributed by atoms with van der Waals surface area (Å²) in [5.41, 5.74) is 0.958. The summed E-state index contributed by atoms with van der Waals surface area (Å²) in [5.74, 6) is 0.853. The van der Waals surface area contributed by atoms with Crippen LogP contribution in [0.25, 0.3) is 0 Å². The number of aryl methyl sites for hydroxylation is 1. The van der Waals surface area contributed by atoms with Gasteiger partial charge >= 0.3 is 0 Å². The zero-order valence-corrected chi connectivity index (χ0v) is 10.4. The Labute approximate surface area is 96.8 Å². The number of ether oxygens (including phenoxy) is 1. The number of halogens is 1. The van der Waals surface area contributed by atoms with Crippen LogP contribution in [0.4, 0.5) is 4.39 Å². The molecule has 90 valence electrons. The van der Waals surface area contributed by atoms with Crippen LogP contribution in [-0.4, -0.2) is 19.7 Å². The first-order valence-electron chi connectivity index (χ1n) is 5.60. The summed E-state index contributed by atoms with van der Waals surface area (Å²) < 4.78 is 18.6. The zero-order valence-electron chi connectivity index (χ0n) is 10.4. The second-order valence-electron chi connectivity index (χ2n) is 4.36. The second-order valence-corrected chi connectivity index (χ2v) is 4.36. The van der Waals surface area contributed by atoms with Gasteiger partial charge in [-0.3, -0.25) is 0 Å². The first kappa shape index (κ1) is 13.0. The van der Waals surface area contributed by atoms with E-state index >= 15 is 0 Å². The summed E-state index contributed by atoms with van der Waals surface area (Å²) in [4.78, 5) is 0. The Morgan fingerprint density at radius 3 is 2.62 bits per heavy atom. The highest BCUT2D eigenvalue weighted by molar-refractivity contribution is 5.32. The lowest BCUT2D eigenvalue weighted by molar-refractivity contribution is 0.236. The van der Waals surface area contributed by atoms with Gasteiger partial charge in [-0.15, -0.1) is 0 Å². The Balaban J connectivity index is 2.63. The minimum Gasteiger partial charge on any atom is -0.492 e. The molecule has 1 N–H and O–H groups in total. The van der Waals surface area contributed by atoms with E-state index in [9.17, 15) is 4.39 Å². The average molecular weight is 225 g/mol. The molecule has 1 aromatic carbocycles. The molecule has 0 fully saturated rings. The van der Waals surface area contributed by atoms with Crippen molar-refractivity contribution in [2.45, 2.75) is 26.8 Å². The van der Waals surface area contributed by atoms with Crippen LogP contribution >= 0.6 is 0 Å². The van der Waals surface area contributed by atoms with Gasteiger partial charge in [-0.1, -0.05) is 19.9 Å². The summed E-state index contributed by atoms with van der Waals surface area (Å²) in [7, 11) is 1.91. The minimum atomic E-state index is -0.258. The fourth-order valence-electron chi connectivity index (χ4n) is 1.52. The lowest BCUT2D eigenvalue weighted by Gasteiger charge is -2.21. The first-order chi connectivity index (χ1) is 7.54. The van der Waals surface area contributed by atoms with Crippen LogP contribution in [0.3, 0.4) is 0 Å². The van der Waals surface area contributed by atoms with Crippen molar-refractivity contribution in [1.82, 2.24) is 5.32 Å². The third-order valence-corrected chi connectivity index (χ3v) is 2.74. The number of nitrogens with one attached hydrogen (secondary N) is 1. The molecule has 0 aromatic heterocycles. The lowest BCUT2D eigenvalue weighted by atomic mass is 10.1. The van der Waals surface area contributed by atoms with Crippen molar-refractivity contribution in [2.75, 3.05) is 13.7 Å². The van der Waals surface area contributed by atoms with Gasteiger partial charge in [0.15, 0.2) is 0 Å². The second kappa shape index (κ2) is 5.85. The van der Waals surface area contributed by atoms with Crippen LogP contribution < -0.4 is 10.1 Å². The summed E-state index contributed by atoms with van der Waals surface area (Å²) in [6.07, 6.45) is 0. The van der Waals surface area contributed by atoms with Crippen molar-refractivity contribution >= 4 is 0 Å². The first-order valence-corrected chi connectivity index (χ1v) is 5.60. The van der Waals surface area contributed by atoms with Crippen LogP contribution in [0.2, 0.25) is 0 Å². The highest BCUT2D eigenvalue weighted by Gasteiger charge is 2.12. The van der Waals surface area contributed by atoms with E-state index in [1.807, 2.05) is 14.0 Å². The predicted octanol–water partition coefficient (Wildman–Crippen LogP) is 2.76. The van der Waals surface area contributed by atoms with Crippen LogP contribution in [0.5, 0.6) is 5.75 Å². The summed E-state index contributed by atoms with van der Waals surface area (Å²) in [5, 5.41) is 3.19. The molecule has 0 saturated heterocycles. The number of rotatable bonds is 5. The van der Waals surface area contributed by atoms with Crippen molar-refractivity contribution in [1.29, 1.82) is 0 Å². The molecule has 0 radical (unpaired) electrons. The molecule has 0 aliphatic heterocycles. The predicted molar refractivity (Wildman–Crippen MR) is 64.3 cm³/mol. The molecule has 1 rings (SSSR count). The maximum absolute atomic E-state index is 13.0. The molecular formula is C13H20FNO. The molecule has 0 bridgehead atoms. The Morgan fingerprint density at radius 1 is 1.38 bits per heavy atom. The maximum atomic E-state index is 13.0. The van der Waals surface area contributed by atoms with Gasteiger partial charge in [0.1, 0.15) is 18.2 Å². The van der Waals surface area contributed by atoms with E-state index in [1.165, 1.54) is 12.1 Å². The minimum absolute atomic E-state index is 0.258. The molecule has 0 aliphatic carbocycles. The third kappa shape index (κ3) is 3.49. The van der Waals surface area contributed by atoms with Gasteiger partial charge in [0.25, 0.3) is 0 Å². The van der Waals surface area contributed by atoms with Gasteiger partial charge in [-0.2, -0.15) is 0 Å². The average Bonchev–Trinajstić information content (AvgIpc) is 2.23. The van der Waals surface area contributed by atoms with E-state index in [-0.39, 0.29) is 11.9 Å². The van der Waals surface area contributed by atoms with Crippen molar-refractivity contribution < 1.29 is 9.13 Å². The lowest BCUT2D eigenvalue weighted by Crippen LogP contribution is -2.36. The molecule has 1 unspecified atom stereocenters. The van der Waals surface area contributed by atoms with Crippen LogP contribution in [-0.2, 0) is 0 Å². The molecule has 0 aliphatic rings. The van der Waals surface area contributed by atoms with Gasteiger partial charge in [0, 0.05) is 12.1 Å². The Kier molecular flexibility index (Phi) is 4.74. The Bertz CT molecular complexity index is 339. The van der Waals surface area contributed by atoms with Crippen LogP contribution in [0.15, 0.2) is 18.2 Å². The van der Waals surface area contributed by atoms with Crippen LogP contribution in [0.1, 0.15) is 19.4 Å².